The molecule has 0 atom stereocenters. The molecule has 1 amide bonds. The van der Waals surface area contributed by atoms with Crippen molar-refractivity contribution in [1.82, 2.24) is 15.2 Å². The number of hydrogen-bond acceptors (Lipinski definition) is 3. The number of nitrogens with one attached hydrogen (secondary N) is 2. The number of ether oxygens (including phenoxy) is 1. The fourth-order valence-corrected chi connectivity index (χ4v) is 3.00. The summed E-state index contributed by atoms with van der Waals surface area (Å²) >= 11 is 3.42. The monoisotopic (exact) mass is 357 g/mol. The van der Waals surface area contributed by atoms with E-state index in [0.29, 0.717) is 24.9 Å². The predicted molar refractivity (Wildman–Crippen MR) is 86.6 cm³/mol. The van der Waals surface area contributed by atoms with E-state index in [2.05, 4.69) is 33.5 Å². The lowest BCUT2D eigenvalue weighted by Gasteiger charge is -2.22. The van der Waals surface area contributed by atoms with Gasteiger partial charge in [-0.25, -0.2) is 0 Å². The molecule has 1 aliphatic heterocycles. The van der Waals surface area contributed by atoms with Crippen LogP contribution in [0.4, 0.5) is 0 Å². The summed E-state index contributed by atoms with van der Waals surface area (Å²) < 4.78 is 8.70. The second-order valence-corrected chi connectivity index (χ2v) is 6.23. The molecule has 1 aliphatic rings. The quantitative estimate of drug-likeness (QED) is 0.735. The fraction of sp³-hybridized carbons (Fsp3) is 0.667. The lowest BCUT2D eigenvalue weighted by Crippen LogP contribution is -2.35. The molecule has 2 heterocycles. The second-order valence-electron chi connectivity index (χ2n) is 5.31. The normalized spacial score (nSPS) is 16.1. The third-order valence-corrected chi connectivity index (χ3v) is 4.02. The Morgan fingerprint density at radius 2 is 2.29 bits per heavy atom. The molecule has 118 valence electrons. The van der Waals surface area contributed by atoms with Crippen LogP contribution in [0.2, 0.25) is 0 Å². The van der Waals surface area contributed by atoms with E-state index >= 15 is 0 Å². The molecule has 1 fully saturated rings. The Labute approximate surface area is 134 Å². The Morgan fingerprint density at radius 3 is 3.00 bits per heavy atom. The van der Waals surface area contributed by atoms with Crippen LogP contribution in [0.3, 0.4) is 0 Å². The Bertz CT molecular complexity index is 456. The van der Waals surface area contributed by atoms with Gasteiger partial charge in [0.1, 0.15) is 5.69 Å². The van der Waals surface area contributed by atoms with Crippen LogP contribution < -0.4 is 10.6 Å². The van der Waals surface area contributed by atoms with Gasteiger partial charge in [-0.15, -0.1) is 0 Å². The van der Waals surface area contributed by atoms with Crippen molar-refractivity contribution in [3.05, 3.63) is 22.4 Å². The minimum atomic E-state index is -0.0388. The first kappa shape index (κ1) is 16.5. The Morgan fingerprint density at radius 1 is 1.52 bits per heavy atom. The van der Waals surface area contributed by atoms with Crippen LogP contribution in [-0.4, -0.2) is 42.8 Å². The van der Waals surface area contributed by atoms with Gasteiger partial charge in [-0.3, -0.25) is 4.79 Å². The lowest BCUT2D eigenvalue weighted by molar-refractivity contribution is 0.0343. The van der Waals surface area contributed by atoms with Gasteiger partial charge in [0.25, 0.3) is 5.91 Å². The van der Waals surface area contributed by atoms with Crippen molar-refractivity contribution < 1.29 is 9.53 Å². The third kappa shape index (κ3) is 5.13. The number of nitrogens with zero attached hydrogens (tertiary/aromatic N) is 1. The molecule has 6 heteroatoms. The van der Waals surface area contributed by atoms with Gasteiger partial charge in [0.15, 0.2) is 0 Å². The van der Waals surface area contributed by atoms with E-state index in [4.69, 9.17) is 4.74 Å². The van der Waals surface area contributed by atoms with Crippen LogP contribution in [0.15, 0.2) is 16.7 Å². The predicted octanol–water partition coefficient (Wildman–Crippen LogP) is 2.16. The molecule has 5 nitrogen and oxygen atoms in total. The zero-order chi connectivity index (χ0) is 15.1. The number of rotatable bonds is 7. The number of piperidine rings is 1. The number of hydrogen-bond donors (Lipinski definition) is 2. The van der Waals surface area contributed by atoms with E-state index in [9.17, 15) is 4.79 Å². The molecule has 0 radical (unpaired) electrons. The first-order valence-corrected chi connectivity index (χ1v) is 8.46. The molecule has 2 N–H and O–H groups in total. The van der Waals surface area contributed by atoms with Crippen LogP contribution in [0.5, 0.6) is 0 Å². The highest BCUT2D eigenvalue weighted by Crippen LogP contribution is 2.15. The number of carbonyl (C=O) groups excluding carboxylic acids is 1. The standard InChI is InChI=1S/C15H24BrN3O2/c1-2-8-19-11-12(16)10-14(19)15(20)18-7-9-21-13-3-5-17-6-4-13/h10-11,13,17H,2-9H2,1H3,(H,18,20). The van der Waals surface area contributed by atoms with Gasteiger partial charge < -0.3 is 19.9 Å². The number of halogens is 1. The summed E-state index contributed by atoms with van der Waals surface area (Å²) in [5.41, 5.74) is 0.700. The molecule has 1 aromatic heterocycles. The summed E-state index contributed by atoms with van der Waals surface area (Å²) in [6.07, 6.45) is 5.39. The van der Waals surface area contributed by atoms with Gasteiger partial charge in [0, 0.05) is 23.8 Å². The summed E-state index contributed by atoms with van der Waals surface area (Å²) in [6.45, 7) is 6.12. The minimum absolute atomic E-state index is 0.0388. The summed E-state index contributed by atoms with van der Waals surface area (Å²) in [4.78, 5) is 12.2. The molecule has 2 rings (SSSR count). The zero-order valence-corrected chi connectivity index (χ0v) is 14.1. The highest BCUT2D eigenvalue weighted by atomic mass is 79.9. The number of amides is 1. The van der Waals surface area contributed by atoms with Crippen molar-refractivity contribution in [1.29, 1.82) is 0 Å². The van der Waals surface area contributed by atoms with Gasteiger partial charge in [-0.1, -0.05) is 6.92 Å². The molecule has 21 heavy (non-hydrogen) atoms. The van der Waals surface area contributed by atoms with E-state index in [-0.39, 0.29) is 5.91 Å². The first-order chi connectivity index (χ1) is 10.2. The van der Waals surface area contributed by atoms with Gasteiger partial charge >= 0.3 is 0 Å². The van der Waals surface area contributed by atoms with Crippen LogP contribution in [0, 0.1) is 0 Å². The Hall–Kier alpha value is -0.850. The number of aromatic nitrogens is 1. The van der Waals surface area contributed by atoms with Crippen molar-refractivity contribution in [2.45, 2.75) is 38.8 Å². The van der Waals surface area contributed by atoms with E-state index in [1.807, 2.05) is 16.8 Å². The molecule has 0 spiro atoms. The smallest absolute Gasteiger partial charge is 0.268 e. The van der Waals surface area contributed by atoms with E-state index < -0.39 is 0 Å². The van der Waals surface area contributed by atoms with Gasteiger partial charge in [0.2, 0.25) is 0 Å². The molecule has 0 saturated carbocycles. The lowest BCUT2D eigenvalue weighted by atomic mass is 10.1. The summed E-state index contributed by atoms with van der Waals surface area (Å²) in [6, 6.07) is 1.86. The average molecular weight is 358 g/mol. The number of carbonyl (C=O) groups is 1. The van der Waals surface area contributed by atoms with Crippen LogP contribution in [0.1, 0.15) is 36.7 Å². The van der Waals surface area contributed by atoms with Crippen molar-refractivity contribution in [3.63, 3.8) is 0 Å². The average Bonchev–Trinajstić information content (AvgIpc) is 2.86. The largest absolute Gasteiger partial charge is 0.376 e. The molecular weight excluding hydrogens is 334 g/mol. The van der Waals surface area contributed by atoms with E-state index in [0.717, 1.165) is 43.4 Å². The van der Waals surface area contributed by atoms with Crippen LogP contribution >= 0.6 is 15.9 Å². The van der Waals surface area contributed by atoms with Gasteiger partial charge in [0.05, 0.1) is 12.7 Å². The topological polar surface area (TPSA) is 55.3 Å². The molecular formula is C15H24BrN3O2. The Balaban J connectivity index is 1.73. The molecule has 1 aromatic rings. The SMILES string of the molecule is CCCn1cc(Br)cc1C(=O)NCCOC1CCNCC1. The van der Waals surface area contributed by atoms with Crippen LogP contribution in [0.25, 0.3) is 0 Å². The minimum Gasteiger partial charge on any atom is -0.376 e. The first-order valence-electron chi connectivity index (χ1n) is 7.67. The molecule has 1 saturated heterocycles. The maximum atomic E-state index is 12.2. The maximum absolute atomic E-state index is 12.2. The number of aryl methyl sites for hydroxylation is 1. The third-order valence-electron chi connectivity index (χ3n) is 3.59. The second kappa shape index (κ2) is 8.56. The summed E-state index contributed by atoms with van der Waals surface area (Å²) in [5.74, 6) is -0.0388. The molecule has 0 aromatic carbocycles. The highest BCUT2D eigenvalue weighted by molar-refractivity contribution is 9.10. The van der Waals surface area contributed by atoms with Gasteiger partial charge in [-0.2, -0.15) is 0 Å². The summed E-state index contributed by atoms with van der Waals surface area (Å²) in [7, 11) is 0. The van der Waals surface area contributed by atoms with Crippen molar-refractivity contribution >= 4 is 21.8 Å². The molecule has 0 bridgehead atoms. The van der Waals surface area contributed by atoms with Crippen molar-refractivity contribution in [2.24, 2.45) is 0 Å². The van der Waals surface area contributed by atoms with E-state index in [1.165, 1.54) is 0 Å². The Kier molecular flexibility index (Phi) is 6.73. The zero-order valence-electron chi connectivity index (χ0n) is 12.5. The van der Waals surface area contributed by atoms with E-state index in [1.54, 1.807) is 0 Å². The highest BCUT2D eigenvalue weighted by Gasteiger charge is 2.14. The van der Waals surface area contributed by atoms with Crippen molar-refractivity contribution in [2.75, 3.05) is 26.2 Å². The maximum Gasteiger partial charge on any atom is 0.268 e. The molecule has 0 unspecified atom stereocenters. The fourth-order valence-electron chi connectivity index (χ4n) is 2.53. The van der Waals surface area contributed by atoms with Crippen LogP contribution in [-0.2, 0) is 11.3 Å². The van der Waals surface area contributed by atoms with Gasteiger partial charge in [-0.05, 0) is 54.3 Å². The molecule has 0 aliphatic carbocycles. The van der Waals surface area contributed by atoms with Crippen molar-refractivity contribution in [3.8, 4) is 0 Å². The summed E-state index contributed by atoms with van der Waals surface area (Å²) in [5, 5.41) is 6.24.